The van der Waals surface area contributed by atoms with Gasteiger partial charge in [-0.2, -0.15) is 5.26 Å². The molecule has 2 aromatic rings. The smallest absolute Gasteiger partial charge is 0.266 e. The van der Waals surface area contributed by atoms with Crippen LogP contribution in [0.5, 0.6) is 0 Å². The van der Waals surface area contributed by atoms with Crippen LogP contribution in [0, 0.1) is 32.1 Å². The fraction of sp³-hybridized carbons (Fsp3) is 0.158. The maximum Gasteiger partial charge on any atom is 0.266 e. The van der Waals surface area contributed by atoms with E-state index in [1.54, 1.807) is 6.08 Å². The highest BCUT2D eigenvalue weighted by atomic mass is 79.9. The molecule has 2 rings (SSSR count). The van der Waals surface area contributed by atoms with Crippen molar-refractivity contribution in [3.05, 3.63) is 68.7 Å². The van der Waals surface area contributed by atoms with Gasteiger partial charge in [0.05, 0.1) is 0 Å². The van der Waals surface area contributed by atoms with E-state index in [0.717, 1.165) is 32.4 Å². The lowest BCUT2D eigenvalue weighted by atomic mass is 10.0. The number of halogens is 1. The third-order valence-corrected chi connectivity index (χ3v) is 3.93. The Morgan fingerprint density at radius 1 is 1.17 bits per heavy atom. The third-order valence-electron chi connectivity index (χ3n) is 3.44. The summed E-state index contributed by atoms with van der Waals surface area (Å²) in [6.07, 6.45) is 1.58. The number of carbonyl (C=O) groups excluding carboxylic acids is 1. The molecule has 0 atom stereocenters. The number of aryl methyl sites for hydroxylation is 3. The standard InChI is InChI=1S/C19H17BrN2O/c1-12-7-13(2)18(14(3)8-12)22-19(23)16(11-21)9-15-5-4-6-17(20)10-15/h4-10H,1-3H3,(H,22,23)/b16-9+. The van der Waals surface area contributed by atoms with Crippen LogP contribution < -0.4 is 5.32 Å². The minimum atomic E-state index is -0.400. The average Bonchev–Trinajstić information content (AvgIpc) is 2.48. The molecular weight excluding hydrogens is 352 g/mol. The molecule has 0 fully saturated rings. The predicted molar refractivity (Wildman–Crippen MR) is 97.0 cm³/mol. The van der Waals surface area contributed by atoms with E-state index in [0.29, 0.717) is 0 Å². The van der Waals surface area contributed by atoms with Gasteiger partial charge in [0.1, 0.15) is 11.6 Å². The fourth-order valence-corrected chi connectivity index (χ4v) is 2.89. The molecule has 0 aliphatic rings. The minimum absolute atomic E-state index is 0.0717. The van der Waals surface area contributed by atoms with E-state index in [4.69, 9.17) is 0 Å². The Morgan fingerprint density at radius 3 is 2.39 bits per heavy atom. The monoisotopic (exact) mass is 368 g/mol. The molecule has 116 valence electrons. The van der Waals surface area contributed by atoms with Gasteiger partial charge >= 0.3 is 0 Å². The van der Waals surface area contributed by atoms with E-state index >= 15 is 0 Å². The predicted octanol–water partition coefficient (Wildman–Crippen LogP) is 4.92. The molecule has 0 saturated heterocycles. The molecule has 1 amide bonds. The van der Waals surface area contributed by atoms with Crippen molar-refractivity contribution >= 4 is 33.6 Å². The zero-order chi connectivity index (χ0) is 17.0. The topological polar surface area (TPSA) is 52.9 Å². The normalized spacial score (nSPS) is 11.0. The van der Waals surface area contributed by atoms with Gasteiger partial charge in [-0.3, -0.25) is 4.79 Å². The summed E-state index contributed by atoms with van der Waals surface area (Å²) in [5.41, 5.74) is 4.73. The lowest BCUT2D eigenvalue weighted by Gasteiger charge is -2.12. The lowest BCUT2D eigenvalue weighted by molar-refractivity contribution is -0.112. The van der Waals surface area contributed by atoms with Crippen molar-refractivity contribution in [2.24, 2.45) is 0 Å². The Kier molecular flexibility index (Phi) is 5.36. The molecule has 0 aliphatic heterocycles. The second-order valence-electron chi connectivity index (χ2n) is 5.45. The zero-order valence-electron chi connectivity index (χ0n) is 13.3. The SMILES string of the molecule is Cc1cc(C)c(NC(=O)/C(C#N)=C/c2cccc(Br)c2)c(C)c1. The van der Waals surface area contributed by atoms with E-state index in [2.05, 4.69) is 21.2 Å². The van der Waals surface area contributed by atoms with E-state index in [1.807, 2.05) is 63.2 Å². The third kappa shape index (κ3) is 4.30. The van der Waals surface area contributed by atoms with Crippen LogP contribution in [-0.4, -0.2) is 5.91 Å². The van der Waals surface area contributed by atoms with Crippen molar-refractivity contribution in [2.45, 2.75) is 20.8 Å². The number of hydrogen-bond acceptors (Lipinski definition) is 2. The molecule has 0 radical (unpaired) electrons. The molecule has 2 aromatic carbocycles. The van der Waals surface area contributed by atoms with Crippen LogP contribution in [-0.2, 0) is 4.79 Å². The van der Waals surface area contributed by atoms with E-state index < -0.39 is 5.91 Å². The number of nitrogens with zero attached hydrogens (tertiary/aromatic N) is 1. The first-order valence-electron chi connectivity index (χ1n) is 7.17. The van der Waals surface area contributed by atoms with Gasteiger partial charge in [0, 0.05) is 10.2 Å². The second-order valence-corrected chi connectivity index (χ2v) is 6.37. The van der Waals surface area contributed by atoms with Crippen LogP contribution >= 0.6 is 15.9 Å². The van der Waals surface area contributed by atoms with Crippen molar-refractivity contribution < 1.29 is 4.79 Å². The summed E-state index contributed by atoms with van der Waals surface area (Å²) < 4.78 is 0.897. The first kappa shape index (κ1) is 17.0. The van der Waals surface area contributed by atoms with Crippen LogP contribution in [0.1, 0.15) is 22.3 Å². The second kappa shape index (κ2) is 7.26. The number of benzene rings is 2. The summed E-state index contributed by atoms with van der Waals surface area (Å²) in [4.78, 5) is 12.4. The molecule has 0 heterocycles. The van der Waals surface area contributed by atoms with Crippen LogP contribution in [0.4, 0.5) is 5.69 Å². The van der Waals surface area contributed by atoms with Crippen molar-refractivity contribution in [3.63, 3.8) is 0 Å². The minimum Gasteiger partial charge on any atom is -0.321 e. The zero-order valence-corrected chi connectivity index (χ0v) is 14.9. The summed E-state index contributed by atoms with van der Waals surface area (Å²) in [5, 5.41) is 12.1. The summed E-state index contributed by atoms with van der Waals surface area (Å²) >= 11 is 3.38. The maximum absolute atomic E-state index is 12.4. The number of nitrogens with one attached hydrogen (secondary N) is 1. The average molecular weight is 369 g/mol. The van der Waals surface area contributed by atoms with Gasteiger partial charge in [0.25, 0.3) is 5.91 Å². The molecular formula is C19H17BrN2O. The summed E-state index contributed by atoms with van der Waals surface area (Å²) in [6, 6.07) is 13.4. The summed E-state index contributed by atoms with van der Waals surface area (Å²) in [6.45, 7) is 5.90. The Hall–Kier alpha value is -2.38. The van der Waals surface area contributed by atoms with Crippen molar-refractivity contribution in [2.75, 3.05) is 5.32 Å². The van der Waals surface area contributed by atoms with Crippen molar-refractivity contribution in [3.8, 4) is 6.07 Å². The molecule has 0 saturated carbocycles. The first-order valence-corrected chi connectivity index (χ1v) is 7.96. The number of rotatable bonds is 3. The van der Waals surface area contributed by atoms with Gasteiger partial charge in [0.2, 0.25) is 0 Å². The first-order chi connectivity index (χ1) is 10.9. The summed E-state index contributed by atoms with van der Waals surface area (Å²) in [5.74, 6) is -0.400. The molecule has 23 heavy (non-hydrogen) atoms. The summed E-state index contributed by atoms with van der Waals surface area (Å²) in [7, 11) is 0. The number of anilines is 1. The molecule has 1 N–H and O–H groups in total. The van der Waals surface area contributed by atoms with Gasteiger partial charge in [0.15, 0.2) is 0 Å². The van der Waals surface area contributed by atoms with Crippen LogP contribution in [0.25, 0.3) is 6.08 Å². The van der Waals surface area contributed by atoms with Crippen LogP contribution in [0.3, 0.4) is 0 Å². The molecule has 4 heteroatoms. The lowest BCUT2D eigenvalue weighted by Crippen LogP contribution is -2.15. The largest absolute Gasteiger partial charge is 0.321 e. The quantitative estimate of drug-likeness (QED) is 0.617. The van der Waals surface area contributed by atoms with Gasteiger partial charge < -0.3 is 5.32 Å². The number of carbonyl (C=O) groups is 1. The van der Waals surface area contributed by atoms with E-state index in [1.165, 1.54) is 0 Å². The Bertz CT molecular complexity index is 808. The number of hydrogen-bond donors (Lipinski definition) is 1. The Balaban J connectivity index is 2.30. The number of nitriles is 1. The number of amides is 1. The highest BCUT2D eigenvalue weighted by molar-refractivity contribution is 9.10. The van der Waals surface area contributed by atoms with Crippen molar-refractivity contribution in [1.29, 1.82) is 5.26 Å². The van der Waals surface area contributed by atoms with Crippen LogP contribution in [0.15, 0.2) is 46.4 Å². The molecule has 0 spiro atoms. The molecule has 0 bridgehead atoms. The van der Waals surface area contributed by atoms with Crippen LogP contribution in [0.2, 0.25) is 0 Å². The highest BCUT2D eigenvalue weighted by Gasteiger charge is 2.13. The fourth-order valence-electron chi connectivity index (χ4n) is 2.47. The van der Waals surface area contributed by atoms with E-state index in [-0.39, 0.29) is 5.57 Å². The Morgan fingerprint density at radius 2 is 1.83 bits per heavy atom. The van der Waals surface area contributed by atoms with Gasteiger partial charge in [-0.15, -0.1) is 0 Å². The maximum atomic E-state index is 12.4. The molecule has 3 nitrogen and oxygen atoms in total. The highest BCUT2D eigenvalue weighted by Crippen LogP contribution is 2.23. The van der Waals surface area contributed by atoms with E-state index in [9.17, 15) is 10.1 Å². The van der Waals surface area contributed by atoms with Gasteiger partial charge in [-0.25, -0.2) is 0 Å². The van der Waals surface area contributed by atoms with Gasteiger partial charge in [-0.1, -0.05) is 45.8 Å². The van der Waals surface area contributed by atoms with Gasteiger partial charge in [-0.05, 0) is 55.7 Å². The molecule has 0 unspecified atom stereocenters. The van der Waals surface area contributed by atoms with Crippen molar-refractivity contribution in [1.82, 2.24) is 0 Å². The molecule has 0 aliphatic carbocycles. The molecule has 0 aromatic heterocycles. The Labute approximate surface area is 144 Å².